The summed E-state index contributed by atoms with van der Waals surface area (Å²) in [5.74, 6) is -0.629. The van der Waals surface area contributed by atoms with Crippen LogP contribution in [0.2, 0.25) is 0 Å². The smallest absolute Gasteiger partial charge is 0.219 e. The Morgan fingerprint density at radius 1 is 0.745 bits per heavy atom. The number of nitrogens with one attached hydrogen (secondary N) is 2. The van der Waals surface area contributed by atoms with Crippen molar-refractivity contribution in [3.63, 3.8) is 0 Å². The van der Waals surface area contributed by atoms with E-state index >= 15 is 0 Å². The third-order valence-corrected chi connectivity index (χ3v) is 8.33. The summed E-state index contributed by atoms with van der Waals surface area (Å²) in [5, 5.41) is 83.7. The molecular weight excluding hydrogens is 628 g/mol. The Bertz CT molecular complexity index is 913. The van der Waals surface area contributed by atoms with Gasteiger partial charge in [-0.3, -0.25) is 9.59 Å². The van der Waals surface area contributed by atoms with Crippen LogP contribution in [0.1, 0.15) is 58.3 Å². The zero-order valence-electron chi connectivity index (χ0n) is 26.8. The summed E-state index contributed by atoms with van der Waals surface area (Å²) < 4.78 is 21.4. The fourth-order valence-electron chi connectivity index (χ4n) is 5.29. The number of hydrogen-bond donors (Lipinski definition) is 10. The molecule has 11 unspecified atom stereocenters. The number of hydrogen-bond acceptors (Lipinski definition) is 16. The molecule has 2 aliphatic rings. The maximum absolute atomic E-state index is 12.1. The molecule has 47 heavy (non-hydrogen) atoms. The van der Waals surface area contributed by atoms with Gasteiger partial charge in [-0.05, 0) is 51.9 Å². The highest BCUT2D eigenvalue weighted by molar-refractivity contribution is 5.81. The molecular formula is C30H54N2O15. The maximum atomic E-state index is 12.1. The monoisotopic (exact) mass is 682 g/mol. The van der Waals surface area contributed by atoms with Gasteiger partial charge in [0.2, 0.25) is 5.91 Å². The Morgan fingerprint density at radius 2 is 1.30 bits per heavy atom. The van der Waals surface area contributed by atoms with Crippen LogP contribution >= 0.6 is 0 Å². The van der Waals surface area contributed by atoms with Crippen LogP contribution in [0.15, 0.2) is 0 Å². The van der Waals surface area contributed by atoms with Crippen molar-refractivity contribution in [1.29, 1.82) is 0 Å². The number of rotatable bonds is 23. The van der Waals surface area contributed by atoms with Crippen molar-refractivity contribution in [2.45, 2.75) is 126 Å². The molecule has 0 aromatic carbocycles. The Balaban J connectivity index is 1.55. The Hall–Kier alpha value is -1.71. The van der Waals surface area contributed by atoms with Gasteiger partial charge in [0, 0.05) is 38.6 Å². The van der Waals surface area contributed by atoms with Gasteiger partial charge in [-0.25, -0.2) is 0 Å². The molecule has 274 valence electrons. The molecule has 10 N–H and O–H groups in total. The van der Waals surface area contributed by atoms with E-state index in [4.69, 9.17) is 18.9 Å². The lowest BCUT2D eigenvalue weighted by molar-refractivity contribution is -0.301. The number of unbranched alkanes of at least 4 members (excludes halogenated alkanes) is 2. The highest BCUT2D eigenvalue weighted by atomic mass is 16.7. The van der Waals surface area contributed by atoms with Gasteiger partial charge in [0.05, 0.1) is 19.3 Å². The number of ketones is 1. The van der Waals surface area contributed by atoms with E-state index < -0.39 is 86.6 Å². The summed E-state index contributed by atoms with van der Waals surface area (Å²) in [4.78, 5) is 35.9. The molecule has 0 saturated carbocycles. The minimum absolute atomic E-state index is 0.0735. The molecule has 0 aliphatic carbocycles. The van der Waals surface area contributed by atoms with E-state index in [1.54, 1.807) is 0 Å². The van der Waals surface area contributed by atoms with E-state index in [0.717, 1.165) is 6.29 Å². The molecule has 2 heterocycles. The minimum Gasteiger partial charge on any atom is -0.394 e. The first-order chi connectivity index (χ1) is 22.4. The molecule has 2 fully saturated rings. The number of amides is 1. The van der Waals surface area contributed by atoms with Crippen LogP contribution in [0.4, 0.5) is 0 Å². The van der Waals surface area contributed by atoms with Gasteiger partial charge in [0.25, 0.3) is 0 Å². The largest absolute Gasteiger partial charge is 0.394 e. The Morgan fingerprint density at radius 3 is 1.81 bits per heavy atom. The molecule has 0 aromatic rings. The van der Waals surface area contributed by atoms with Gasteiger partial charge >= 0.3 is 0 Å². The molecule has 0 aromatic heterocycles. The number of carbonyl (C=O) groups is 3. The minimum atomic E-state index is -1.54. The molecule has 2 saturated heterocycles. The van der Waals surface area contributed by atoms with Gasteiger partial charge in [-0.2, -0.15) is 0 Å². The van der Waals surface area contributed by atoms with Crippen molar-refractivity contribution in [3.05, 3.63) is 0 Å². The van der Waals surface area contributed by atoms with Crippen LogP contribution in [0, 0.1) is 5.92 Å². The molecule has 2 aliphatic heterocycles. The average Bonchev–Trinajstić information content (AvgIpc) is 3.06. The van der Waals surface area contributed by atoms with Crippen LogP contribution in [0.3, 0.4) is 0 Å². The molecule has 2 rings (SSSR count). The third kappa shape index (κ3) is 13.6. The molecule has 0 spiro atoms. The third-order valence-electron chi connectivity index (χ3n) is 8.33. The van der Waals surface area contributed by atoms with Crippen molar-refractivity contribution >= 4 is 18.0 Å². The van der Waals surface area contributed by atoms with Gasteiger partial charge in [0.15, 0.2) is 12.6 Å². The number of aldehydes is 1. The van der Waals surface area contributed by atoms with Crippen molar-refractivity contribution in [1.82, 2.24) is 10.6 Å². The summed E-state index contributed by atoms with van der Waals surface area (Å²) in [7, 11) is 0. The average molecular weight is 683 g/mol. The highest BCUT2D eigenvalue weighted by Crippen LogP contribution is 2.23. The molecule has 1 amide bonds. The lowest BCUT2D eigenvalue weighted by Crippen LogP contribution is -2.59. The zero-order valence-corrected chi connectivity index (χ0v) is 26.8. The SMILES string of the molecule is CC(=O)[C@@H](CCCCNC(=O)CCCCOC1OC(CO)C(O)C(O)C1O)NCC(C=O)CCCOC1OC(CO)C(O)C(O)C1O. The molecule has 12 atom stereocenters. The predicted octanol–water partition coefficient (Wildman–Crippen LogP) is -3.78. The Labute approximate surface area is 274 Å². The van der Waals surface area contributed by atoms with E-state index in [2.05, 4.69) is 10.6 Å². The van der Waals surface area contributed by atoms with Crippen molar-refractivity contribution < 1.29 is 74.2 Å². The van der Waals surface area contributed by atoms with E-state index in [1.807, 2.05) is 0 Å². The second-order valence-corrected chi connectivity index (χ2v) is 12.0. The second kappa shape index (κ2) is 22.1. The van der Waals surface area contributed by atoms with Crippen LogP contribution < -0.4 is 10.6 Å². The molecule has 17 heteroatoms. The van der Waals surface area contributed by atoms with Crippen LogP contribution in [-0.4, -0.2) is 166 Å². The predicted molar refractivity (Wildman–Crippen MR) is 161 cm³/mol. The standard InChI is InChI=1S/C30H54N2O15/c1-17(36)19(32-13-18(14-33)7-6-12-45-30-28(43)26(41)24(39)21(16-35)47-30)8-2-4-10-31-22(37)9-3-5-11-44-29-27(42)25(40)23(38)20(15-34)46-29/h14,18-21,23-30,32,34-35,38-43H,2-13,15-16H2,1H3,(H,31,37)/t18?,19-,20?,21?,23?,24?,25?,26?,27?,28?,29?,30?/m1/s1. The van der Waals surface area contributed by atoms with Crippen LogP contribution in [0.5, 0.6) is 0 Å². The summed E-state index contributed by atoms with van der Waals surface area (Å²) in [6.45, 7) is 1.27. The molecule has 17 nitrogen and oxygen atoms in total. The molecule has 0 radical (unpaired) electrons. The Kier molecular flexibility index (Phi) is 19.5. The lowest BCUT2D eigenvalue weighted by atomic mass is 9.99. The number of Topliss-reactive ketones (excluding diaryl/α,β-unsaturated/α-hetero) is 1. The van der Waals surface area contributed by atoms with E-state index in [0.29, 0.717) is 51.5 Å². The summed E-state index contributed by atoms with van der Waals surface area (Å²) in [6, 6.07) is -0.456. The number of aliphatic hydroxyl groups excluding tert-OH is 8. The van der Waals surface area contributed by atoms with Crippen LogP contribution in [-0.2, 0) is 33.3 Å². The normalized spacial score (nSPS) is 32.4. The fourth-order valence-corrected chi connectivity index (χ4v) is 5.29. The van der Waals surface area contributed by atoms with E-state index in [1.165, 1.54) is 6.92 Å². The first-order valence-corrected chi connectivity index (χ1v) is 16.2. The number of carbonyl (C=O) groups excluding carboxylic acids is 3. The van der Waals surface area contributed by atoms with Gasteiger partial charge in [-0.1, -0.05) is 0 Å². The number of aliphatic hydroxyl groups is 8. The van der Waals surface area contributed by atoms with E-state index in [9.17, 15) is 55.2 Å². The quantitative estimate of drug-likeness (QED) is 0.0366. The van der Waals surface area contributed by atoms with Gasteiger partial charge in [0.1, 0.15) is 60.9 Å². The molecule has 0 bridgehead atoms. The van der Waals surface area contributed by atoms with Crippen molar-refractivity contribution in [3.8, 4) is 0 Å². The van der Waals surface area contributed by atoms with Crippen molar-refractivity contribution in [2.24, 2.45) is 5.92 Å². The second-order valence-electron chi connectivity index (χ2n) is 12.0. The van der Waals surface area contributed by atoms with E-state index in [-0.39, 0.29) is 37.9 Å². The summed E-state index contributed by atoms with van der Waals surface area (Å²) in [6.07, 6.45) is -8.86. The summed E-state index contributed by atoms with van der Waals surface area (Å²) >= 11 is 0. The number of ether oxygens (including phenoxy) is 4. The fraction of sp³-hybridized carbons (Fsp3) is 0.900. The lowest BCUT2D eigenvalue weighted by Gasteiger charge is -2.39. The van der Waals surface area contributed by atoms with Crippen LogP contribution in [0.25, 0.3) is 0 Å². The first-order valence-electron chi connectivity index (χ1n) is 16.2. The van der Waals surface area contributed by atoms with Gasteiger partial charge in [-0.15, -0.1) is 0 Å². The van der Waals surface area contributed by atoms with Gasteiger partial charge < -0.3 is 75.2 Å². The zero-order chi connectivity index (χ0) is 34.9. The summed E-state index contributed by atoms with van der Waals surface area (Å²) in [5.41, 5.74) is 0. The first kappa shape index (κ1) is 41.5. The van der Waals surface area contributed by atoms with Crippen molar-refractivity contribution in [2.75, 3.05) is 39.5 Å². The maximum Gasteiger partial charge on any atom is 0.219 e. The topological polar surface area (TPSA) is 274 Å². The highest BCUT2D eigenvalue weighted by Gasteiger charge is 2.45.